The summed E-state index contributed by atoms with van der Waals surface area (Å²) in [6.07, 6.45) is -2.96. The van der Waals surface area contributed by atoms with E-state index >= 15 is 0 Å². The maximum absolute atomic E-state index is 12.7. The number of ether oxygens (including phenoxy) is 1. The molecule has 0 saturated carbocycles. The van der Waals surface area contributed by atoms with Crippen LogP contribution in [0.3, 0.4) is 0 Å². The van der Waals surface area contributed by atoms with Gasteiger partial charge in [-0.15, -0.1) is 0 Å². The molecular formula is C17H13F3N8O. The van der Waals surface area contributed by atoms with Crippen LogP contribution in [0.4, 0.5) is 24.9 Å². The summed E-state index contributed by atoms with van der Waals surface area (Å²) >= 11 is 0. The van der Waals surface area contributed by atoms with Crippen LogP contribution in [0.15, 0.2) is 30.5 Å². The third kappa shape index (κ3) is 3.90. The number of fused-ring (bicyclic) bond motifs is 1. The Balaban J connectivity index is 1.62. The van der Waals surface area contributed by atoms with Gasteiger partial charge in [0.05, 0.1) is 18.9 Å². The summed E-state index contributed by atoms with van der Waals surface area (Å²) in [5, 5.41) is 2.90. The third-order valence-electron chi connectivity index (χ3n) is 3.84. The number of hydrogen-bond donors (Lipinski definition) is 2. The van der Waals surface area contributed by atoms with Crippen LogP contribution in [0.25, 0.3) is 22.7 Å². The number of rotatable bonds is 4. The van der Waals surface area contributed by atoms with Crippen molar-refractivity contribution in [2.75, 3.05) is 12.4 Å². The molecule has 2 N–H and O–H groups in total. The Kier molecular flexibility index (Phi) is 4.45. The van der Waals surface area contributed by atoms with Crippen molar-refractivity contribution in [3.63, 3.8) is 0 Å². The first-order chi connectivity index (χ1) is 13.8. The second-order valence-corrected chi connectivity index (χ2v) is 5.91. The molecule has 9 nitrogen and oxygen atoms in total. The maximum atomic E-state index is 12.7. The summed E-state index contributed by atoms with van der Waals surface area (Å²) in [7, 11) is 1.44. The maximum Gasteiger partial charge on any atom is 0.416 e. The Morgan fingerprint density at radius 3 is 2.45 bits per heavy atom. The molecule has 1 aromatic carbocycles. The van der Waals surface area contributed by atoms with Crippen molar-refractivity contribution in [1.29, 1.82) is 0 Å². The minimum absolute atomic E-state index is 0.153. The number of halogens is 3. The number of anilines is 2. The van der Waals surface area contributed by atoms with Gasteiger partial charge in [-0.25, -0.2) is 15.0 Å². The summed E-state index contributed by atoms with van der Waals surface area (Å²) in [5.74, 6) is 1.38. The summed E-state index contributed by atoms with van der Waals surface area (Å²) in [4.78, 5) is 28.0. The van der Waals surface area contributed by atoms with Gasteiger partial charge in [0.2, 0.25) is 5.95 Å². The summed E-state index contributed by atoms with van der Waals surface area (Å²) in [5.41, 5.74) is 0.408. The molecular weight excluding hydrogens is 389 g/mol. The first-order valence-corrected chi connectivity index (χ1v) is 8.26. The quantitative estimate of drug-likeness (QED) is 0.535. The van der Waals surface area contributed by atoms with E-state index in [0.717, 1.165) is 12.1 Å². The van der Waals surface area contributed by atoms with Gasteiger partial charge in [-0.3, -0.25) is 0 Å². The molecule has 0 bridgehead atoms. The topological polar surface area (TPSA) is 114 Å². The minimum atomic E-state index is -4.40. The van der Waals surface area contributed by atoms with Gasteiger partial charge in [0.15, 0.2) is 17.1 Å². The van der Waals surface area contributed by atoms with Gasteiger partial charge in [0.25, 0.3) is 0 Å². The molecule has 0 spiro atoms. The first-order valence-electron chi connectivity index (χ1n) is 8.26. The van der Waals surface area contributed by atoms with E-state index in [-0.39, 0.29) is 12.0 Å². The number of nitrogens with zero attached hydrogens (tertiary/aromatic N) is 6. The molecule has 0 unspecified atom stereocenters. The molecule has 0 amide bonds. The molecule has 0 saturated heterocycles. The smallest absolute Gasteiger partial charge is 0.416 e. The van der Waals surface area contributed by atoms with E-state index in [1.165, 1.54) is 25.4 Å². The Labute approximate surface area is 161 Å². The van der Waals surface area contributed by atoms with Gasteiger partial charge < -0.3 is 15.0 Å². The number of hydrogen-bond acceptors (Lipinski definition) is 8. The van der Waals surface area contributed by atoms with E-state index in [1.54, 1.807) is 6.92 Å². The monoisotopic (exact) mass is 402 g/mol. The van der Waals surface area contributed by atoms with Crippen molar-refractivity contribution in [3.05, 3.63) is 41.9 Å². The third-order valence-corrected chi connectivity index (χ3v) is 3.84. The second-order valence-electron chi connectivity index (χ2n) is 5.91. The normalized spacial score (nSPS) is 11.6. The number of alkyl halides is 3. The average molecular weight is 402 g/mol. The van der Waals surface area contributed by atoms with Crippen LogP contribution in [0.2, 0.25) is 0 Å². The molecule has 0 aliphatic carbocycles. The first kappa shape index (κ1) is 18.5. The lowest BCUT2D eigenvalue weighted by atomic mass is 10.1. The van der Waals surface area contributed by atoms with Crippen LogP contribution in [0.5, 0.6) is 6.01 Å². The van der Waals surface area contributed by atoms with Gasteiger partial charge in [-0.05, 0) is 19.1 Å². The Morgan fingerprint density at radius 2 is 1.76 bits per heavy atom. The molecule has 0 aliphatic rings. The van der Waals surface area contributed by atoms with Crippen LogP contribution < -0.4 is 10.1 Å². The molecule has 0 fully saturated rings. The lowest BCUT2D eigenvalue weighted by Crippen LogP contribution is -2.04. The predicted molar refractivity (Wildman–Crippen MR) is 96.5 cm³/mol. The van der Waals surface area contributed by atoms with E-state index < -0.39 is 11.7 Å². The lowest BCUT2D eigenvalue weighted by molar-refractivity contribution is -0.137. The van der Waals surface area contributed by atoms with Crippen LogP contribution in [-0.4, -0.2) is 42.0 Å². The highest BCUT2D eigenvalue weighted by Crippen LogP contribution is 2.30. The van der Waals surface area contributed by atoms with E-state index in [4.69, 9.17) is 4.74 Å². The van der Waals surface area contributed by atoms with Crippen molar-refractivity contribution in [3.8, 4) is 17.4 Å². The van der Waals surface area contributed by atoms with E-state index in [1.807, 2.05) is 0 Å². The van der Waals surface area contributed by atoms with Crippen molar-refractivity contribution in [1.82, 2.24) is 34.9 Å². The van der Waals surface area contributed by atoms with Crippen LogP contribution in [0.1, 0.15) is 11.4 Å². The molecule has 29 heavy (non-hydrogen) atoms. The van der Waals surface area contributed by atoms with Gasteiger partial charge >= 0.3 is 12.2 Å². The number of aromatic amines is 1. The number of aryl methyl sites for hydroxylation is 1. The zero-order chi connectivity index (χ0) is 20.6. The van der Waals surface area contributed by atoms with Crippen molar-refractivity contribution in [2.45, 2.75) is 13.1 Å². The zero-order valence-corrected chi connectivity index (χ0v) is 15.1. The molecule has 0 aliphatic heterocycles. The fourth-order valence-corrected chi connectivity index (χ4v) is 2.53. The summed E-state index contributed by atoms with van der Waals surface area (Å²) in [6, 6.07) is 4.80. The minimum Gasteiger partial charge on any atom is -0.467 e. The van der Waals surface area contributed by atoms with Gasteiger partial charge in [-0.1, -0.05) is 12.1 Å². The number of aromatic nitrogens is 7. The van der Waals surface area contributed by atoms with Gasteiger partial charge in [0.1, 0.15) is 11.6 Å². The Morgan fingerprint density at radius 1 is 1.00 bits per heavy atom. The van der Waals surface area contributed by atoms with Crippen molar-refractivity contribution >= 4 is 23.1 Å². The highest BCUT2D eigenvalue weighted by molar-refractivity contribution is 5.74. The van der Waals surface area contributed by atoms with Gasteiger partial charge in [-0.2, -0.15) is 28.1 Å². The van der Waals surface area contributed by atoms with Gasteiger partial charge in [0, 0.05) is 5.56 Å². The number of H-pyrrole nitrogens is 1. The standard InChI is InChI=1S/C17H13F3N8O/c1-8-22-15(28-16(23-8)29-2)25-11-7-21-13-14(24-11)27-12(26-13)9-3-5-10(6-4-9)17(18,19)20/h3-7H,1-2H3,(H2,21,22,23,24,25,26,27,28). The van der Waals surface area contributed by atoms with E-state index in [9.17, 15) is 13.2 Å². The SMILES string of the molecule is COc1nc(C)nc(Nc2cnc3nc(-c4ccc(C(F)(F)F)cc4)[nH]c3n2)n1. The van der Waals surface area contributed by atoms with Crippen molar-refractivity contribution < 1.29 is 17.9 Å². The Bertz CT molecular complexity index is 1170. The molecule has 4 aromatic rings. The number of methoxy groups -OCH3 is 1. The van der Waals surface area contributed by atoms with E-state index in [2.05, 4.69) is 40.2 Å². The number of benzene rings is 1. The van der Waals surface area contributed by atoms with Crippen LogP contribution >= 0.6 is 0 Å². The molecule has 3 heterocycles. The largest absolute Gasteiger partial charge is 0.467 e. The van der Waals surface area contributed by atoms with Crippen LogP contribution in [-0.2, 0) is 6.18 Å². The highest BCUT2D eigenvalue weighted by atomic mass is 19.4. The fourth-order valence-electron chi connectivity index (χ4n) is 2.53. The summed E-state index contributed by atoms with van der Waals surface area (Å²) < 4.78 is 43.1. The predicted octanol–water partition coefficient (Wildman–Crippen LogP) is 3.28. The molecule has 0 radical (unpaired) electrons. The van der Waals surface area contributed by atoms with E-state index in [0.29, 0.717) is 34.3 Å². The summed E-state index contributed by atoms with van der Waals surface area (Å²) in [6.45, 7) is 1.69. The molecule has 12 heteroatoms. The molecule has 4 rings (SSSR count). The zero-order valence-electron chi connectivity index (χ0n) is 15.1. The highest BCUT2D eigenvalue weighted by Gasteiger charge is 2.30. The molecule has 0 atom stereocenters. The number of nitrogens with one attached hydrogen (secondary N) is 2. The van der Waals surface area contributed by atoms with Crippen molar-refractivity contribution in [2.24, 2.45) is 0 Å². The van der Waals surface area contributed by atoms with Crippen LogP contribution in [0, 0.1) is 6.92 Å². The number of imidazole rings is 1. The second kappa shape index (κ2) is 6.96. The Hall–Kier alpha value is -3.83. The lowest BCUT2D eigenvalue weighted by Gasteiger charge is -2.06. The average Bonchev–Trinajstić information content (AvgIpc) is 3.10. The fraction of sp³-hybridized carbons (Fsp3) is 0.176. The molecule has 148 valence electrons. The molecule has 3 aromatic heterocycles.